The highest BCUT2D eigenvalue weighted by atomic mass is 32.2. The number of rotatable bonds is 7. The number of thioether (sulfide) groups is 1. The van der Waals surface area contributed by atoms with Crippen molar-refractivity contribution >= 4 is 21.6 Å². The van der Waals surface area contributed by atoms with Gasteiger partial charge in [-0.15, -0.1) is 0 Å². The van der Waals surface area contributed by atoms with Crippen molar-refractivity contribution in [2.24, 2.45) is 0 Å². The Kier molecular flexibility index (Phi) is 6.81. The van der Waals surface area contributed by atoms with Crippen molar-refractivity contribution in [1.29, 1.82) is 0 Å². The van der Waals surface area contributed by atoms with Crippen molar-refractivity contribution in [1.82, 2.24) is 5.32 Å². The van der Waals surface area contributed by atoms with Gasteiger partial charge in [0.15, 0.2) is 0 Å². The lowest BCUT2D eigenvalue weighted by molar-refractivity contribution is 0.551. The van der Waals surface area contributed by atoms with Crippen LogP contribution in [0.1, 0.15) is 20.3 Å². The maximum atomic E-state index is 11.0. The number of sulfone groups is 1. The van der Waals surface area contributed by atoms with E-state index in [4.69, 9.17) is 0 Å². The molecule has 0 rings (SSSR count). The van der Waals surface area contributed by atoms with E-state index in [1.54, 1.807) is 0 Å². The summed E-state index contributed by atoms with van der Waals surface area (Å²) in [6.45, 7) is 4.97. The Bertz CT molecular complexity index is 239. The first kappa shape index (κ1) is 14.3. The molecule has 86 valence electrons. The fourth-order valence-electron chi connectivity index (χ4n) is 1.16. The van der Waals surface area contributed by atoms with Crippen LogP contribution in [0.4, 0.5) is 0 Å². The lowest BCUT2D eigenvalue weighted by Gasteiger charge is -2.14. The van der Waals surface area contributed by atoms with Crippen molar-refractivity contribution < 1.29 is 8.42 Å². The van der Waals surface area contributed by atoms with Crippen LogP contribution in [0.25, 0.3) is 0 Å². The molecule has 0 amide bonds. The molecule has 0 aromatic heterocycles. The molecule has 0 radical (unpaired) electrons. The second-order valence-electron chi connectivity index (χ2n) is 3.78. The van der Waals surface area contributed by atoms with Crippen molar-refractivity contribution in [3.05, 3.63) is 0 Å². The van der Waals surface area contributed by atoms with E-state index in [1.807, 2.05) is 18.7 Å². The fraction of sp³-hybridized carbons (Fsp3) is 1.00. The summed E-state index contributed by atoms with van der Waals surface area (Å²) >= 11 is 1.83. The van der Waals surface area contributed by atoms with Crippen LogP contribution in [0.2, 0.25) is 0 Å². The number of nitrogens with one attached hydrogen (secondary N) is 1. The summed E-state index contributed by atoms with van der Waals surface area (Å²) in [7, 11) is -2.85. The minimum absolute atomic E-state index is 0.0547. The zero-order valence-electron chi connectivity index (χ0n) is 9.41. The second kappa shape index (κ2) is 6.69. The fourth-order valence-corrected chi connectivity index (χ4v) is 2.54. The topological polar surface area (TPSA) is 46.2 Å². The van der Waals surface area contributed by atoms with Gasteiger partial charge in [-0.3, -0.25) is 0 Å². The Hall–Kier alpha value is 0.260. The lowest BCUT2D eigenvalue weighted by atomic mass is 10.3. The summed E-state index contributed by atoms with van der Waals surface area (Å²) in [6, 6.07) is 0.0547. The maximum absolute atomic E-state index is 11.0. The Labute approximate surface area is 92.0 Å². The maximum Gasteiger partial charge on any atom is 0.148 e. The van der Waals surface area contributed by atoms with Crippen LogP contribution < -0.4 is 5.32 Å². The van der Waals surface area contributed by atoms with Gasteiger partial charge in [-0.2, -0.15) is 11.8 Å². The normalized spacial score (nSPS) is 16.6. The Morgan fingerprint density at radius 3 is 2.36 bits per heavy atom. The van der Waals surface area contributed by atoms with E-state index in [2.05, 4.69) is 18.5 Å². The molecule has 0 saturated carbocycles. The van der Waals surface area contributed by atoms with Crippen molar-refractivity contribution in [3.8, 4) is 0 Å². The molecular formula is C9H21NO2S2. The largest absolute Gasteiger partial charge is 0.313 e. The quantitative estimate of drug-likeness (QED) is 0.724. The van der Waals surface area contributed by atoms with Crippen LogP contribution in [0.3, 0.4) is 0 Å². The van der Waals surface area contributed by atoms with E-state index in [9.17, 15) is 8.42 Å². The summed E-state index contributed by atoms with van der Waals surface area (Å²) in [5.41, 5.74) is 0. The molecule has 2 atom stereocenters. The Morgan fingerprint density at radius 2 is 1.93 bits per heavy atom. The molecule has 5 heteroatoms. The van der Waals surface area contributed by atoms with Gasteiger partial charge in [-0.25, -0.2) is 8.42 Å². The molecule has 0 bridgehead atoms. The highest BCUT2D eigenvalue weighted by Gasteiger charge is 2.09. The van der Waals surface area contributed by atoms with Gasteiger partial charge in [0.1, 0.15) is 9.84 Å². The molecule has 0 aliphatic heterocycles. The summed E-state index contributed by atoms with van der Waals surface area (Å²) in [4.78, 5) is 0. The minimum Gasteiger partial charge on any atom is -0.313 e. The summed E-state index contributed by atoms with van der Waals surface area (Å²) in [5, 5.41) is 3.84. The van der Waals surface area contributed by atoms with Gasteiger partial charge in [0.05, 0.1) is 5.75 Å². The number of hydrogen-bond donors (Lipinski definition) is 1. The lowest BCUT2D eigenvalue weighted by Crippen LogP contribution is -2.34. The van der Waals surface area contributed by atoms with Gasteiger partial charge < -0.3 is 5.32 Å². The third-order valence-corrected chi connectivity index (χ3v) is 4.14. The molecule has 0 saturated heterocycles. The monoisotopic (exact) mass is 239 g/mol. The smallest absolute Gasteiger partial charge is 0.148 e. The summed E-state index contributed by atoms with van der Waals surface area (Å²) in [6.07, 6.45) is 4.44. The van der Waals surface area contributed by atoms with Crippen molar-refractivity contribution in [2.75, 3.05) is 24.8 Å². The minimum atomic E-state index is -2.85. The van der Waals surface area contributed by atoms with Crippen LogP contribution in [-0.2, 0) is 9.84 Å². The molecule has 0 aliphatic carbocycles. The zero-order valence-corrected chi connectivity index (χ0v) is 11.0. The molecule has 0 heterocycles. The van der Waals surface area contributed by atoms with Gasteiger partial charge >= 0.3 is 0 Å². The van der Waals surface area contributed by atoms with Gasteiger partial charge in [0.2, 0.25) is 0 Å². The molecule has 0 aromatic rings. The van der Waals surface area contributed by atoms with Gasteiger partial charge in [-0.05, 0) is 26.1 Å². The van der Waals surface area contributed by atoms with Gasteiger partial charge in [-0.1, -0.05) is 6.92 Å². The summed E-state index contributed by atoms with van der Waals surface area (Å²) in [5.74, 6) is 0.223. The van der Waals surface area contributed by atoms with E-state index >= 15 is 0 Å². The van der Waals surface area contributed by atoms with Crippen LogP contribution >= 0.6 is 11.8 Å². The van der Waals surface area contributed by atoms with Crippen LogP contribution in [0, 0.1) is 0 Å². The van der Waals surface area contributed by atoms with Gasteiger partial charge in [0, 0.05) is 17.5 Å². The van der Waals surface area contributed by atoms with Crippen LogP contribution in [0.15, 0.2) is 0 Å². The Balaban J connectivity index is 3.60. The van der Waals surface area contributed by atoms with Crippen LogP contribution in [-0.4, -0.2) is 44.5 Å². The first-order valence-electron chi connectivity index (χ1n) is 4.79. The van der Waals surface area contributed by atoms with Crippen molar-refractivity contribution in [3.63, 3.8) is 0 Å². The Morgan fingerprint density at radius 1 is 1.36 bits per heavy atom. The average molecular weight is 239 g/mol. The van der Waals surface area contributed by atoms with Crippen molar-refractivity contribution in [2.45, 2.75) is 31.6 Å². The van der Waals surface area contributed by atoms with E-state index in [0.29, 0.717) is 5.25 Å². The third kappa shape index (κ3) is 8.84. The first-order valence-corrected chi connectivity index (χ1v) is 8.14. The van der Waals surface area contributed by atoms with E-state index in [1.165, 1.54) is 6.26 Å². The van der Waals surface area contributed by atoms with E-state index < -0.39 is 9.84 Å². The first-order chi connectivity index (χ1) is 6.35. The molecule has 2 unspecified atom stereocenters. The van der Waals surface area contributed by atoms with Gasteiger partial charge in [0.25, 0.3) is 0 Å². The van der Waals surface area contributed by atoms with E-state index in [-0.39, 0.29) is 11.8 Å². The molecule has 0 fully saturated rings. The third-order valence-electron chi connectivity index (χ3n) is 2.00. The molecule has 3 nitrogen and oxygen atoms in total. The highest BCUT2D eigenvalue weighted by Crippen LogP contribution is 2.08. The standard InChI is InChI=1S/C9H21NO2S2/c1-8(7-14(4,11)12)10-6-5-9(2)13-3/h8-10H,5-7H2,1-4H3. The molecular weight excluding hydrogens is 218 g/mol. The molecule has 0 aromatic carbocycles. The molecule has 14 heavy (non-hydrogen) atoms. The average Bonchev–Trinajstić information content (AvgIpc) is 2.00. The molecule has 0 aliphatic rings. The number of hydrogen-bond acceptors (Lipinski definition) is 4. The molecule has 0 spiro atoms. The summed E-state index contributed by atoms with van der Waals surface area (Å²) < 4.78 is 21.9. The second-order valence-corrected chi connectivity index (χ2v) is 7.24. The van der Waals surface area contributed by atoms with Crippen LogP contribution in [0.5, 0.6) is 0 Å². The predicted molar refractivity (Wildman–Crippen MR) is 64.8 cm³/mol. The SMILES string of the molecule is CSC(C)CCNC(C)CS(C)(=O)=O. The zero-order chi connectivity index (χ0) is 11.2. The predicted octanol–water partition coefficient (Wildman–Crippen LogP) is 1.15. The van der Waals surface area contributed by atoms with E-state index in [0.717, 1.165) is 13.0 Å². The molecule has 1 N–H and O–H groups in total. The highest BCUT2D eigenvalue weighted by molar-refractivity contribution is 7.99.